The van der Waals surface area contributed by atoms with E-state index in [1.807, 2.05) is 0 Å². The standard InChI is InChI=1S/C9H20Cl4Si2/c10-4-8(12)6-14-2-1-3-15-7-9(13)5-11/h8-9H,1-7,14-15H2. The Morgan fingerprint density at radius 2 is 1.20 bits per heavy atom. The van der Waals surface area contributed by atoms with Crippen molar-refractivity contribution in [3.63, 3.8) is 0 Å². The Hall–Kier alpha value is 1.59. The van der Waals surface area contributed by atoms with Crippen molar-refractivity contribution in [1.29, 1.82) is 0 Å². The predicted molar refractivity (Wildman–Crippen MR) is 81.7 cm³/mol. The van der Waals surface area contributed by atoms with Crippen molar-refractivity contribution >= 4 is 65.4 Å². The minimum Gasteiger partial charge on any atom is -0.125 e. The zero-order valence-electron chi connectivity index (χ0n) is 9.03. The number of alkyl halides is 4. The van der Waals surface area contributed by atoms with Crippen LogP contribution in [-0.2, 0) is 0 Å². The summed E-state index contributed by atoms with van der Waals surface area (Å²) in [4.78, 5) is 0. The first-order valence-electron chi connectivity index (χ1n) is 5.60. The van der Waals surface area contributed by atoms with E-state index in [-0.39, 0.29) is 29.8 Å². The van der Waals surface area contributed by atoms with Gasteiger partial charge in [-0.1, -0.05) is 18.5 Å². The van der Waals surface area contributed by atoms with E-state index in [2.05, 4.69) is 0 Å². The molecule has 92 valence electrons. The Balaban J connectivity index is 3.05. The van der Waals surface area contributed by atoms with Gasteiger partial charge < -0.3 is 0 Å². The van der Waals surface area contributed by atoms with E-state index in [1.54, 1.807) is 0 Å². The molecule has 0 nitrogen and oxygen atoms in total. The molecule has 0 radical (unpaired) electrons. The van der Waals surface area contributed by atoms with Gasteiger partial charge in [0.15, 0.2) is 0 Å². The predicted octanol–water partition coefficient (Wildman–Crippen LogP) is 3.08. The van der Waals surface area contributed by atoms with E-state index in [9.17, 15) is 0 Å². The van der Waals surface area contributed by atoms with Gasteiger partial charge in [0.1, 0.15) is 0 Å². The molecule has 0 aliphatic heterocycles. The normalized spacial score (nSPS) is 16.8. The molecule has 0 N–H and O–H groups in total. The van der Waals surface area contributed by atoms with Gasteiger partial charge in [-0.15, -0.1) is 46.4 Å². The molecule has 0 aliphatic rings. The van der Waals surface area contributed by atoms with Gasteiger partial charge in [-0.3, -0.25) is 0 Å². The maximum absolute atomic E-state index is 5.95. The number of hydrogen-bond donors (Lipinski definition) is 0. The molecule has 2 unspecified atom stereocenters. The molecule has 0 rings (SSSR count). The van der Waals surface area contributed by atoms with E-state index in [0.29, 0.717) is 11.8 Å². The highest BCUT2D eigenvalue weighted by atomic mass is 35.5. The van der Waals surface area contributed by atoms with Crippen molar-refractivity contribution in [2.45, 2.75) is 41.4 Å². The SMILES string of the molecule is ClCC(Cl)C[SiH2]CCC[SiH2]CC(Cl)CCl. The molecule has 0 bridgehead atoms. The third kappa shape index (κ3) is 11.9. The van der Waals surface area contributed by atoms with E-state index >= 15 is 0 Å². The molecule has 0 fully saturated rings. The van der Waals surface area contributed by atoms with Gasteiger partial charge >= 0.3 is 0 Å². The van der Waals surface area contributed by atoms with Gasteiger partial charge in [0.2, 0.25) is 0 Å². The summed E-state index contributed by atoms with van der Waals surface area (Å²) in [6, 6.07) is 5.21. The van der Waals surface area contributed by atoms with Crippen molar-refractivity contribution in [3.05, 3.63) is 0 Å². The van der Waals surface area contributed by atoms with Crippen LogP contribution >= 0.6 is 46.4 Å². The highest BCUT2D eigenvalue weighted by Crippen LogP contribution is 2.09. The van der Waals surface area contributed by atoms with E-state index in [0.717, 1.165) is 0 Å². The topological polar surface area (TPSA) is 0 Å². The lowest BCUT2D eigenvalue weighted by Gasteiger charge is -2.05. The molecule has 6 heteroatoms. The zero-order chi connectivity index (χ0) is 11.5. The van der Waals surface area contributed by atoms with E-state index in [4.69, 9.17) is 46.4 Å². The van der Waals surface area contributed by atoms with Gasteiger partial charge in [-0.2, -0.15) is 0 Å². The highest BCUT2D eigenvalue weighted by molar-refractivity contribution is 6.41. The summed E-state index contributed by atoms with van der Waals surface area (Å²) in [5.41, 5.74) is 0. The Morgan fingerprint density at radius 1 is 0.800 bits per heavy atom. The number of halogens is 4. The van der Waals surface area contributed by atoms with Crippen LogP contribution in [0.3, 0.4) is 0 Å². The molecule has 0 aliphatic carbocycles. The second-order valence-electron chi connectivity index (χ2n) is 3.85. The lowest BCUT2D eigenvalue weighted by Crippen LogP contribution is -2.06. The van der Waals surface area contributed by atoms with Crippen LogP contribution in [0.5, 0.6) is 0 Å². The summed E-state index contributed by atoms with van der Waals surface area (Å²) in [6.07, 6.45) is 1.39. The van der Waals surface area contributed by atoms with Crippen LogP contribution in [0.2, 0.25) is 24.2 Å². The fourth-order valence-electron chi connectivity index (χ4n) is 1.42. The van der Waals surface area contributed by atoms with Crippen LogP contribution in [0.15, 0.2) is 0 Å². The second-order valence-corrected chi connectivity index (χ2v) is 9.68. The molecule has 0 aromatic heterocycles. The van der Waals surface area contributed by atoms with Crippen molar-refractivity contribution in [2.24, 2.45) is 0 Å². The van der Waals surface area contributed by atoms with Crippen LogP contribution < -0.4 is 0 Å². The van der Waals surface area contributed by atoms with Crippen molar-refractivity contribution in [1.82, 2.24) is 0 Å². The Labute approximate surface area is 118 Å². The smallest absolute Gasteiger partial charge is 0.0443 e. The first kappa shape index (κ1) is 16.6. The van der Waals surface area contributed by atoms with Crippen molar-refractivity contribution < 1.29 is 0 Å². The number of rotatable bonds is 10. The molecule has 0 spiro atoms. The molecule has 0 saturated carbocycles. The minimum absolute atomic E-state index is 0.0471. The summed E-state index contributed by atoms with van der Waals surface area (Å²) >= 11 is 23.2. The Bertz CT molecular complexity index is 123. The third-order valence-electron chi connectivity index (χ3n) is 2.37. The van der Waals surface area contributed by atoms with Crippen LogP contribution in [-0.4, -0.2) is 41.6 Å². The number of hydrogen-bond acceptors (Lipinski definition) is 0. The van der Waals surface area contributed by atoms with Crippen molar-refractivity contribution in [3.8, 4) is 0 Å². The summed E-state index contributed by atoms with van der Waals surface area (Å²) < 4.78 is 0. The van der Waals surface area contributed by atoms with Gasteiger partial charge in [0, 0.05) is 41.6 Å². The zero-order valence-corrected chi connectivity index (χ0v) is 14.9. The lowest BCUT2D eigenvalue weighted by atomic mass is 10.5. The fraction of sp³-hybridized carbons (Fsp3) is 1.00. The van der Waals surface area contributed by atoms with Gasteiger partial charge in [-0.25, -0.2) is 0 Å². The van der Waals surface area contributed by atoms with Crippen LogP contribution in [0.4, 0.5) is 0 Å². The lowest BCUT2D eigenvalue weighted by molar-refractivity contribution is 1.01. The summed E-state index contributed by atoms with van der Waals surface area (Å²) in [5.74, 6) is 1.21. The Morgan fingerprint density at radius 3 is 1.53 bits per heavy atom. The molecule has 0 heterocycles. The van der Waals surface area contributed by atoms with Crippen LogP contribution in [0.1, 0.15) is 6.42 Å². The molecule has 0 aromatic rings. The highest BCUT2D eigenvalue weighted by Gasteiger charge is 2.03. The van der Waals surface area contributed by atoms with E-state index in [1.165, 1.54) is 30.6 Å². The first-order valence-corrected chi connectivity index (χ1v) is 11.5. The maximum Gasteiger partial charge on any atom is 0.0443 e. The van der Waals surface area contributed by atoms with Crippen LogP contribution in [0, 0.1) is 0 Å². The van der Waals surface area contributed by atoms with Crippen LogP contribution in [0.25, 0.3) is 0 Å². The fourth-order valence-corrected chi connectivity index (χ4v) is 7.16. The van der Waals surface area contributed by atoms with Gasteiger partial charge in [-0.05, 0) is 12.1 Å². The molecular weight excluding hydrogens is 306 g/mol. The third-order valence-corrected chi connectivity index (χ3v) is 9.12. The van der Waals surface area contributed by atoms with E-state index < -0.39 is 0 Å². The quantitative estimate of drug-likeness (QED) is 0.329. The molecule has 0 amide bonds. The van der Waals surface area contributed by atoms with Crippen molar-refractivity contribution in [2.75, 3.05) is 11.8 Å². The molecule has 15 heavy (non-hydrogen) atoms. The maximum atomic E-state index is 5.95. The molecular formula is C9H20Cl4Si2. The first-order chi connectivity index (χ1) is 7.20. The average Bonchev–Trinajstić information content (AvgIpc) is 2.26. The average molecular weight is 326 g/mol. The molecule has 0 saturated heterocycles. The summed E-state index contributed by atoms with van der Waals surface area (Å²) in [7, 11) is 0.0942. The van der Waals surface area contributed by atoms with Gasteiger partial charge in [0.05, 0.1) is 0 Å². The largest absolute Gasteiger partial charge is 0.125 e. The van der Waals surface area contributed by atoms with Gasteiger partial charge in [0.25, 0.3) is 0 Å². The summed E-state index contributed by atoms with van der Waals surface area (Å²) in [6.45, 7) is 0. The molecule has 2 atom stereocenters. The second kappa shape index (κ2) is 12.1. The molecule has 0 aromatic carbocycles. The Kier molecular flexibility index (Phi) is 13.3. The summed E-state index contributed by atoms with van der Waals surface area (Å²) in [5, 5.41) is 0.443. The monoisotopic (exact) mass is 324 g/mol. The minimum atomic E-state index is 0.0471.